The van der Waals surface area contributed by atoms with Crippen molar-refractivity contribution in [1.82, 2.24) is 10.6 Å². The van der Waals surface area contributed by atoms with Gasteiger partial charge in [-0.15, -0.1) is 0 Å². The van der Waals surface area contributed by atoms with E-state index in [2.05, 4.69) is 24.5 Å². The molecule has 0 aromatic heterocycles. The Morgan fingerprint density at radius 1 is 1.22 bits per heavy atom. The van der Waals surface area contributed by atoms with Crippen LogP contribution in [0.5, 0.6) is 0 Å². The Morgan fingerprint density at radius 3 is 2.61 bits per heavy atom. The summed E-state index contributed by atoms with van der Waals surface area (Å²) >= 11 is 5.93. The Kier molecular flexibility index (Phi) is 7.25. The van der Waals surface area contributed by atoms with E-state index in [1.54, 1.807) is 12.1 Å². The molecule has 0 bridgehead atoms. The van der Waals surface area contributed by atoms with E-state index in [1.165, 1.54) is 6.07 Å². The topological polar surface area (TPSA) is 24.1 Å². The second kappa shape index (κ2) is 8.46. The SMILES string of the molecule is CC(C)CNCCCNCc1c(F)cccc1Cl. The Balaban J connectivity index is 2.14. The summed E-state index contributed by atoms with van der Waals surface area (Å²) in [6.07, 6.45) is 1.03. The Bertz CT molecular complexity index is 335. The normalized spacial score (nSPS) is 11.2. The van der Waals surface area contributed by atoms with Crippen LogP contribution in [0.1, 0.15) is 25.8 Å². The van der Waals surface area contributed by atoms with Crippen LogP contribution in [0.2, 0.25) is 5.02 Å². The fourth-order valence-electron chi connectivity index (χ4n) is 1.64. The molecule has 0 atom stereocenters. The molecule has 0 saturated carbocycles. The van der Waals surface area contributed by atoms with Crippen molar-refractivity contribution in [3.8, 4) is 0 Å². The van der Waals surface area contributed by atoms with Crippen LogP contribution in [0.3, 0.4) is 0 Å². The molecule has 18 heavy (non-hydrogen) atoms. The molecule has 4 heteroatoms. The lowest BCUT2D eigenvalue weighted by atomic mass is 10.2. The van der Waals surface area contributed by atoms with Gasteiger partial charge in [-0.25, -0.2) is 4.39 Å². The van der Waals surface area contributed by atoms with Gasteiger partial charge in [0.2, 0.25) is 0 Å². The zero-order chi connectivity index (χ0) is 13.4. The number of benzene rings is 1. The average molecular weight is 273 g/mol. The maximum atomic E-state index is 13.4. The summed E-state index contributed by atoms with van der Waals surface area (Å²) in [6, 6.07) is 4.77. The third-order valence-electron chi connectivity index (χ3n) is 2.62. The molecule has 0 amide bonds. The highest BCUT2D eigenvalue weighted by atomic mass is 35.5. The summed E-state index contributed by atoms with van der Waals surface area (Å²) in [5, 5.41) is 7.06. The Labute approximate surface area is 114 Å². The van der Waals surface area contributed by atoms with Gasteiger partial charge in [0.05, 0.1) is 0 Å². The molecule has 0 saturated heterocycles. The first kappa shape index (κ1) is 15.4. The van der Waals surface area contributed by atoms with E-state index in [1.807, 2.05) is 0 Å². The Morgan fingerprint density at radius 2 is 1.94 bits per heavy atom. The molecular formula is C14H22ClFN2. The van der Waals surface area contributed by atoms with Crippen LogP contribution < -0.4 is 10.6 Å². The van der Waals surface area contributed by atoms with Crippen molar-refractivity contribution in [2.24, 2.45) is 5.92 Å². The van der Waals surface area contributed by atoms with Gasteiger partial charge in [0.25, 0.3) is 0 Å². The van der Waals surface area contributed by atoms with E-state index in [0.717, 1.165) is 26.1 Å². The monoisotopic (exact) mass is 272 g/mol. The maximum absolute atomic E-state index is 13.4. The average Bonchev–Trinajstić information content (AvgIpc) is 2.30. The van der Waals surface area contributed by atoms with Gasteiger partial charge in [-0.3, -0.25) is 0 Å². The van der Waals surface area contributed by atoms with E-state index in [-0.39, 0.29) is 5.82 Å². The van der Waals surface area contributed by atoms with Gasteiger partial charge in [0.15, 0.2) is 0 Å². The van der Waals surface area contributed by atoms with Crippen LogP contribution in [0.25, 0.3) is 0 Å². The summed E-state index contributed by atoms with van der Waals surface area (Å²) in [5.74, 6) is 0.433. The highest BCUT2D eigenvalue weighted by molar-refractivity contribution is 6.31. The molecule has 0 fully saturated rings. The van der Waals surface area contributed by atoms with Gasteiger partial charge >= 0.3 is 0 Å². The van der Waals surface area contributed by atoms with Crippen LogP contribution in [-0.4, -0.2) is 19.6 Å². The van der Waals surface area contributed by atoms with E-state index < -0.39 is 0 Å². The van der Waals surface area contributed by atoms with E-state index in [9.17, 15) is 4.39 Å². The quantitative estimate of drug-likeness (QED) is 0.710. The van der Waals surface area contributed by atoms with Gasteiger partial charge in [-0.05, 0) is 44.1 Å². The van der Waals surface area contributed by atoms with Crippen LogP contribution in [-0.2, 0) is 6.54 Å². The first-order valence-electron chi connectivity index (χ1n) is 6.45. The molecular weight excluding hydrogens is 251 g/mol. The third-order valence-corrected chi connectivity index (χ3v) is 2.98. The molecule has 1 aromatic rings. The standard InChI is InChI=1S/C14H22ClFN2/c1-11(2)9-17-7-4-8-18-10-12-13(15)5-3-6-14(12)16/h3,5-6,11,17-18H,4,7-10H2,1-2H3. The van der Waals surface area contributed by atoms with E-state index in [4.69, 9.17) is 11.6 Å². The fourth-order valence-corrected chi connectivity index (χ4v) is 1.87. The van der Waals surface area contributed by atoms with Gasteiger partial charge < -0.3 is 10.6 Å². The number of halogens is 2. The number of hydrogen-bond acceptors (Lipinski definition) is 2. The molecule has 0 heterocycles. The zero-order valence-corrected chi connectivity index (χ0v) is 11.9. The van der Waals surface area contributed by atoms with Crippen LogP contribution in [0, 0.1) is 11.7 Å². The summed E-state index contributed by atoms with van der Waals surface area (Å²) in [4.78, 5) is 0. The molecule has 2 N–H and O–H groups in total. The third kappa shape index (κ3) is 5.80. The smallest absolute Gasteiger partial charge is 0.129 e. The van der Waals surface area contributed by atoms with Gasteiger partial charge in [-0.2, -0.15) is 0 Å². The molecule has 1 rings (SSSR count). The highest BCUT2D eigenvalue weighted by Gasteiger charge is 2.05. The molecule has 0 aliphatic carbocycles. The predicted molar refractivity (Wildman–Crippen MR) is 75.4 cm³/mol. The second-order valence-corrected chi connectivity index (χ2v) is 5.24. The van der Waals surface area contributed by atoms with Crippen LogP contribution in [0.15, 0.2) is 18.2 Å². The first-order chi connectivity index (χ1) is 8.61. The number of hydrogen-bond donors (Lipinski definition) is 2. The van der Waals surface area contributed by atoms with Gasteiger partial charge in [0.1, 0.15) is 5.82 Å². The molecule has 1 aromatic carbocycles. The minimum Gasteiger partial charge on any atom is -0.316 e. The first-order valence-corrected chi connectivity index (χ1v) is 6.83. The Hall–Kier alpha value is -0.640. The summed E-state index contributed by atoms with van der Waals surface area (Å²) in [7, 11) is 0. The molecule has 2 nitrogen and oxygen atoms in total. The largest absolute Gasteiger partial charge is 0.316 e. The summed E-state index contributed by atoms with van der Waals surface area (Å²) in [6.45, 7) is 7.73. The van der Waals surface area contributed by atoms with E-state index >= 15 is 0 Å². The van der Waals surface area contributed by atoms with Crippen molar-refractivity contribution >= 4 is 11.6 Å². The zero-order valence-electron chi connectivity index (χ0n) is 11.1. The lowest BCUT2D eigenvalue weighted by Gasteiger charge is -2.09. The lowest BCUT2D eigenvalue weighted by molar-refractivity contribution is 0.526. The number of nitrogens with one attached hydrogen (secondary N) is 2. The van der Waals surface area contributed by atoms with E-state index in [0.29, 0.717) is 23.0 Å². The maximum Gasteiger partial charge on any atom is 0.129 e. The molecule has 0 aliphatic heterocycles. The minimum absolute atomic E-state index is 0.243. The predicted octanol–water partition coefficient (Wildman–Crippen LogP) is 3.20. The van der Waals surface area contributed by atoms with Crippen molar-refractivity contribution in [3.05, 3.63) is 34.6 Å². The summed E-state index contributed by atoms with van der Waals surface area (Å²) < 4.78 is 13.4. The van der Waals surface area contributed by atoms with Crippen LogP contribution in [0.4, 0.5) is 4.39 Å². The molecule has 0 spiro atoms. The van der Waals surface area contributed by atoms with Gasteiger partial charge in [-0.1, -0.05) is 31.5 Å². The minimum atomic E-state index is -0.243. The van der Waals surface area contributed by atoms with Crippen molar-refractivity contribution in [3.63, 3.8) is 0 Å². The molecule has 0 unspecified atom stereocenters. The fraction of sp³-hybridized carbons (Fsp3) is 0.571. The molecule has 0 radical (unpaired) electrons. The summed E-state index contributed by atoms with van der Waals surface area (Å²) in [5.41, 5.74) is 0.550. The van der Waals surface area contributed by atoms with Crippen molar-refractivity contribution in [2.45, 2.75) is 26.8 Å². The van der Waals surface area contributed by atoms with Crippen molar-refractivity contribution in [1.29, 1.82) is 0 Å². The van der Waals surface area contributed by atoms with Crippen LogP contribution >= 0.6 is 11.6 Å². The number of rotatable bonds is 8. The molecule has 0 aliphatic rings. The molecule has 102 valence electrons. The lowest BCUT2D eigenvalue weighted by Crippen LogP contribution is -2.24. The second-order valence-electron chi connectivity index (χ2n) is 4.83. The van der Waals surface area contributed by atoms with Gasteiger partial charge in [0, 0.05) is 17.1 Å². The highest BCUT2D eigenvalue weighted by Crippen LogP contribution is 2.18. The van der Waals surface area contributed by atoms with Crippen molar-refractivity contribution < 1.29 is 4.39 Å². The van der Waals surface area contributed by atoms with Crippen molar-refractivity contribution in [2.75, 3.05) is 19.6 Å².